The molecule has 0 aliphatic rings. The second-order valence-electron chi connectivity index (χ2n) is 3.99. The standard InChI is InChI=1S/C13H18N2O3/c14-9-5-4-8-12(13(17)18)15(10-16)11-6-2-1-3-7-11/h1-3,6-7,10,12H,4-5,8-9,14H2,(H,17,18). The summed E-state index contributed by atoms with van der Waals surface area (Å²) in [6.45, 7) is 0.527. The Morgan fingerprint density at radius 3 is 2.50 bits per heavy atom. The monoisotopic (exact) mass is 250 g/mol. The molecule has 0 fully saturated rings. The van der Waals surface area contributed by atoms with Gasteiger partial charge in [-0.2, -0.15) is 0 Å². The number of carboxylic acid groups (broad SMARTS) is 1. The highest BCUT2D eigenvalue weighted by Gasteiger charge is 2.24. The van der Waals surface area contributed by atoms with Gasteiger partial charge in [0.15, 0.2) is 0 Å². The van der Waals surface area contributed by atoms with Crippen molar-refractivity contribution in [2.75, 3.05) is 11.4 Å². The van der Waals surface area contributed by atoms with E-state index in [9.17, 15) is 14.7 Å². The molecule has 5 nitrogen and oxygen atoms in total. The number of nitrogens with two attached hydrogens (primary N) is 1. The Balaban J connectivity index is 2.81. The molecule has 1 atom stereocenters. The number of amides is 1. The maximum absolute atomic E-state index is 11.2. The van der Waals surface area contributed by atoms with Crippen LogP contribution in [0.2, 0.25) is 0 Å². The topological polar surface area (TPSA) is 83.6 Å². The summed E-state index contributed by atoms with van der Waals surface area (Å²) in [7, 11) is 0. The Labute approximate surface area is 106 Å². The third-order valence-corrected chi connectivity index (χ3v) is 2.72. The van der Waals surface area contributed by atoms with E-state index in [1.807, 2.05) is 6.07 Å². The Bertz CT molecular complexity index is 381. The molecular formula is C13H18N2O3. The summed E-state index contributed by atoms with van der Waals surface area (Å²) in [5.41, 5.74) is 5.97. The van der Waals surface area contributed by atoms with Crippen molar-refractivity contribution >= 4 is 18.1 Å². The second-order valence-corrected chi connectivity index (χ2v) is 3.99. The number of rotatable bonds is 8. The van der Waals surface area contributed by atoms with Crippen molar-refractivity contribution in [3.05, 3.63) is 30.3 Å². The summed E-state index contributed by atoms with van der Waals surface area (Å²) in [5, 5.41) is 9.20. The number of carbonyl (C=O) groups is 2. The fourth-order valence-corrected chi connectivity index (χ4v) is 1.78. The molecular weight excluding hydrogens is 232 g/mol. The van der Waals surface area contributed by atoms with Gasteiger partial charge in [0.1, 0.15) is 6.04 Å². The van der Waals surface area contributed by atoms with E-state index in [0.29, 0.717) is 31.5 Å². The third kappa shape index (κ3) is 3.85. The summed E-state index contributed by atoms with van der Waals surface area (Å²) in [6.07, 6.45) is 2.41. The first-order chi connectivity index (χ1) is 8.70. The molecule has 1 amide bonds. The van der Waals surface area contributed by atoms with Crippen LogP contribution in [0.1, 0.15) is 19.3 Å². The Kier molecular flexibility index (Phi) is 5.87. The van der Waals surface area contributed by atoms with Gasteiger partial charge in [-0.15, -0.1) is 0 Å². The molecule has 5 heteroatoms. The van der Waals surface area contributed by atoms with Crippen molar-refractivity contribution in [1.82, 2.24) is 0 Å². The van der Waals surface area contributed by atoms with Gasteiger partial charge >= 0.3 is 5.97 Å². The van der Waals surface area contributed by atoms with Crippen LogP contribution in [0, 0.1) is 0 Å². The van der Waals surface area contributed by atoms with E-state index in [1.165, 1.54) is 4.90 Å². The zero-order chi connectivity index (χ0) is 13.4. The van der Waals surface area contributed by atoms with Crippen LogP contribution in [0.3, 0.4) is 0 Å². The van der Waals surface area contributed by atoms with E-state index in [4.69, 9.17) is 5.73 Å². The zero-order valence-corrected chi connectivity index (χ0v) is 10.2. The third-order valence-electron chi connectivity index (χ3n) is 2.72. The predicted molar refractivity (Wildman–Crippen MR) is 69.3 cm³/mol. The van der Waals surface area contributed by atoms with Gasteiger partial charge < -0.3 is 15.7 Å². The van der Waals surface area contributed by atoms with Crippen molar-refractivity contribution in [2.45, 2.75) is 25.3 Å². The van der Waals surface area contributed by atoms with Crippen molar-refractivity contribution in [2.24, 2.45) is 5.73 Å². The fourth-order valence-electron chi connectivity index (χ4n) is 1.78. The van der Waals surface area contributed by atoms with Crippen molar-refractivity contribution in [1.29, 1.82) is 0 Å². The average Bonchev–Trinajstić information content (AvgIpc) is 2.39. The van der Waals surface area contributed by atoms with Crippen LogP contribution >= 0.6 is 0 Å². The molecule has 1 aromatic carbocycles. The van der Waals surface area contributed by atoms with Crippen LogP contribution in [-0.4, -0.2) is 30.1 Å². The average molecular weight is 250 g/mol. The number of carboxylic acids is 1. The van der Waals surface area contributed by atoms with E-state index in [-0.39, 0.29) is 0 Å². The number of carbonyl (C=O) groups excluding carboxylic acids is 1. The molecule has 0 saturated carbocycles. The van der Waals surface area contributed by atoms with E-state index in [2.05, 4.69) is 0 Å². The van der Waals surface area contributed by atoms with Crippen LogP contribution in [-0.2, 0) is 9.59 Å². The molecule has 18 heavy (non-hydrogen) atoms. The van der Waals surface area contributed by atoms with Crippen molar-refractivity contribution in [3.63, 3.8) is 0 Å². The van der Waals surface area contributed by atoms with E-state index < -0.39 is 12.0 Å². The molecule has 0 spiro atoms. The number of anilines is 1. The second kappa shape index (κ2) is 7.45. The van der Waals surface area contributed by atoms with Crippen molar-refractivity contribution < 1.29 is 14.7 Å². The highest BCUT2D eigenvalue weighted by molar-refractivity contribution is 5.87. The predicted octanol–water partition coefficient (Wildman–Crippen LogP) is 1.23. The lowest BCUT2D eigenvalue weighted by Gasteiger charge is -2.25. The maximum atomic E-state index is 11.2. The van der Waals surface area contributed by atoms with Crippen LogP contribution < -0.4 is 10.6 Å². The minimum atomic E-state index is -0.997. The summed E-state index contributed by atoms with van der Waals surface area (Å²) < 4.78 is 0. The lowest BCUT2D eigenvalue weighted by Crippen LogP contribution is -2.40. The molecule has 0 bridgehead atoms. The van der Waals surface area contributed by atoms with Gasteiger partial charge in [0.05, 0.1) is 0 Å². The largest absolute Gasteiger partial charge is 0.480 e. The number of unbranched alkanes of at least 4 members (excludes halogenated alkanes) is 1. The normalized spacial score (nSPS) is 11.8. The number of benzene rings is 1. The molecule has 0 radical (unpaired) electrons. The van der Waals surface area contributed by atoms with E-state index in [0.717, 1.165) is 6.42 Å². The van der Waals surface area contributed by atoms with E-state index >= 15 is 0 Å². The van der Waals surface area contributed by atoms with Crippen LogP contribution in [0.15, 0.2) is 30.3 Å². The van der Waals surface area contributed by atoms with Crippen molar-refractivity contribution in [3.8, 4) is 0 Å². The minimum Gasteiger partial charge on any atom is -0.480 e. The van der Waals surface area contributed by atoms with E-state index in [1.54, 1.807) is 24.3 Å². The van der Waals surface area contributed by atoms with Crippen LogP contribution in [0.25, 0.3) is 0 Å². The molecule has 0 heterocycles. The van der Waals surface area contributed by atoms with Gasteiger partial charge in [-0.1, -0.05) is 18.2 Å². The number of nitrogens with zero attached hydrogens (tertiary/aromatic N) is 1. The number of hydrogen-bond donors (Lipinski definition) is 2. The number of aliphatic carboxylic acids is 1. The molecule has 1 unspecified atom stereocenters. The van der Waals surface area contributed by atoms with Crippen LogP contribution in [0.4, 0.5) is 5.69 Å². The lowest BCUT2D eigenvalue weighted by atomic mass is 10.1. The molecule has 0 aromatic heterocycles. The fraction of sp³-hybridized carbons (Fsp3) is 0.385. The highest BCUT2D eigenvalue weighted by atomic mass is 16.4. The SMILES string of the molecule is NCCCCC(C(=O)O)N(C=O)c1ccccc1. The quantitative estimate of drug-likeness (QED) is 0.537. The molecule has 0 saturated heterocycles. The summed E-state index contributed by atoms with van der Waals surface area (Å²) >= 11 is 0. The first kappa shape index (κ1) is 14.2. The Morgan fingerprint density at radius 2 is 2.00 bits per heavy atom. The first-order valence-electron chi connectivity index (χ1n) is 5.92. The summed E-state index contributed by atoms with van der Waals surface area (Å²) in [4.78, 5) is 23.6. The lowest BCUT2D eigenvalue weighted by molar-refractivity contribution is -0.139. The Morgan fingerprint density at radius 1 is 1.33 bits per heavy atom. The minimum absolute atomic E-state index is 0.403. The van der Waals surface area contributed by atoms with Crippen LogP contribution in [0.5, 0.6) is 0 Å². The van der Waals surface area contributed by atoms with Gasteiger partial charge in [-0.05, 0) is 37.9 Å². The van der Waals surface area contributed by atoms with Gasteiger partial charge in [0.25, 0.3) is 0 Å². The van der Waals surface area contributed by atoms with Gasteiger partial charge in [-0.25, -0.2) is 4.79 Å². The highest BCUT2D eigenvalue weighted by Crippen LogP contribution is 2.18. The molecule has 0 aliphatic heterocycles. The maximum Gasteiger partial charge on any atom is 0.326 e. The first-order valence-corrected chi connectivity index (χ1v) is 5.92. The molecule has 3 N–H and O–H groups in total. The molecule has 0 aliphatic carbocycles. The molecule has 98 valence electrons. The summed E-state index contributed by atoms with van der Waals surface area (Å²) in [6, 6.07) is 7.95. The number of para-hydroxylation sites is 1. The molecule has 1 rings (SSSR count). The smallest absolute Gasteiger partial charge is 0.326 e. The zero-order valence-electron chi connectivity index (χ0n) is 10.2. The Hall–Kier alpha value is -1.88. The van der Waals surface area contributed by atoms with Gasteiger partial charge in [-0.3, -0.25) is 4.79 Å². The van der Waals surface area contributed by atoms with Gasteiger partial charge in [0, 0.05) is 5.69 Å². The number of hydrogen-bond acceptors (Lipinski definition) is 3. The van der Waals surface area contributed by atoms with Gasteiger partial charge in [0.2, 0.25) is 6.41 Å². The molecule has 1 aromatic rings. The summed E-state index contributed by atoms with van der Waals surface area (Å²) in [5.74, 6) is -0.997.